The zero-order valence-electron chi connectivity index (χ0n) is 12.0. The molecule has 21 heavy (non-hydrogen) atoms. The Kier molecular flexibility index (Phi) is 6.08. The van der Waals surface area contributed by atoms with Crippen LogP contribution in [-0.2, 0) is 22.1 Å². The summed E-state index contributed by atoms with van der Waals surface area (Å²) in [6, 6.07) is 17.0. The third-order valence-electron chi connectivity index (χ3n) is 3.12. The molecule has 2 rings (SSSR count). The van der Waals surface area contributed by atoms with Crippen molar-refractivity contribution in [3.05, 3.63) is 65.7 Å². The van der Waals surface area contributed by atoms with E-state index in [9.17, 15) is 8.60 Å². The quantitative estimate of drug-likeness (QED) is 0.780. The summed E-state index contributed by atoms with van der Waals surface area (Å²) in [5.74, 6) is 0.173. The van der Waals surface area contributed by atoms with Crippen LogP contribution in [0.15, 0.2) is 59.5 Å². The lowest BCUT2D eigenvalue weighted by atomic mass is 10.2. The standard InChI is InChI=1S/C17H19FO2S/c1-14-7-9-17(10-8-14)21(19)13-16(11-18)20-12-15-5-3-2-4-6-15/h2-10,16H,11-13H2,1H3/t16-,21+/m0/s1. The van der Waals surface area contributed by atoms with Crippen molar-refractivity contribution in [3.8, 4) is 0 Å². The van der Waals surface area contributed by atoms with Crippen LogP contribution in [0.5, 0.6) is 0 Å². The Morgan fingerprint density at radius 1 is 1.10 bits per heavy atom. The van der Waals surface area contributed by atoms with Gasteiger partial charge in [0.05, 0.1) is 29.3 Å². The van der Waals surface area contributed by atoms with E-state index in [1.165, 1.54) is 0 Å². The summed E-state index contributed by atoms with van der Waals surface area (Å²) in [6.45, 7) is 1.67. The summed E-state index contributed by atoms with van der Waals surface area (Å²) in [4.78, 5) is 0.711. The smallest absolute Gasteiger partial charge is 0.116 e. The second-order valence-corrected chi connectivity index (χ2v) is 6.39. The highest BCUT2D eigenvalue weighted by Gasteiger charge is 2.15. The van der Waals surface area contributed by atoms with Crippen molar-refractivity contribution < 1.29 is 13.3 Å². The van der Waals surface area contributed by atoms with Crippen LogP contribution in [0.1, 0.15) is 11.1 Å². The Morgan fingerprint density at radius 2 is 1.76 bits per heavy atom. The first kappa shape index (κ1) is 15.9. The largest absolute Gasteiger partial charge is 0.370 e. The molecule has 2 nitrogen and oxygen atoms in total. The lowest BCUT2D eigenvalue weighted by Crippen LogP contribution is -2.23. The fourth-order valence-electron chi connectivity index (χ4n) is 1.88. The molecule has 2 atom stereocenters. The number of ether oxygens (including phenoxy) is 1. The van der Waals surface area contributed by atoms with Gasteiger partial charge < -0.3 is 4.74 Å². The Hall–Kier alpha value is -1.52. The minimum absolute atomic E-state index is 0.173. The van der Waals surface area contributed by atoms with Gasteiger partial charge in [-0.05, 0) is 24.6 Å². The van der Waals surface area contributed by atoms with Gasteiger partial charge >= 0.3 is 0 Å². The maximum absolute atomic E-state index is 13.0. The minimum atomic E-state index is -1.24. The van der Waals surface area contributed by atoms with Gasteiger partial charge in [-0.1, -0.05) is 48.0 Å². The van der Waals surface area contributed by atoms with Crippen molar-refractivity contribution >= 4 is 10.8 Å². The Bertz CT molecular complexity index is 569. The first-order valence-electron chi connectivity index (χ1n) is 6.85. The van der Waals surface area contributed by atoms with Crippen LogP contribution >= 0.6 is 0 Å². The fourth-order valence-corrected chi connectivity index (χ4v) is 3.04. The van der Waals surface area contributed by atoms with Crippen LogP contribution in [-0.4, -0.2) is 22.7 Å². The molecular weight excluding hydrogens is 287 g/mol. The molecular formula is C17H19FO2S. The van der Waals surface area contributed by atoms with Crippen molar-refractivity contribution in [1.29, 1.82) is 0 Å². The molecule has 0 N–H and O–H groups in total. The number of halogens is 1. The molecule has 0 aliphatic heterocycles. The first-order valence-corrected chi connectivity index (χ1v) is 8.17. The van der Waals surface area contributed by atoms with Crippen molar-refractivity contribution in [1.82, 2.24) is 0 Å². The van der Waals surface area contributed by atoms with Gasteiger partial charge in [-0.3, -0.25) is 4.21 Å². The summed E-state index contributed by atoms with van der Waals surface area (Å²) in [6.07, 6.45) is -0.646. The molecule has 0 radical (unpaired) electrons. The third kappa shape index (κ3) is 5.06. The van der Waals surface area contributed by atoms with Gasteiger partial charge in [-0.25, -0.2) is 4.39 Å². The van der Waals surface area contributed by atoms with Crippen molar-refractivity contribution in [3.63, 3.8) is 0 Å². The van der Waals surface area contributed by atoms with Gasteiger partial charge in [0.2, 0.25) is 0 Å². The fraction of sp³-hybridized carbons (Fsp3) is 0.294. The van der Waals surface area contributed by atoms with E-state index in [1.807, 2.05) is 61.5 Å². The van der Waals surface area contributed by atoms with E-state index in [0.717, 1.165) is 11.1 Å². The van der Waals surface area contributed by atoms with E-state index >= 15 is 0 Å². The molecule has 0 saturated heterocycles. The summed E-state index contributed by atoms with van der Waals surface area (Å²) in [5.41, 5.74) is 2.09. The normalized spacial score (nSPS) is 13.8. The topological polar surface area (TPSA) is 26.3 Å². The molecule has 0 fully saturated rings. The van der Waals surface area contributed by atoms with Crippen LogP contribution < -0.4 is 0 Å². The zero-order chi connectivity index (χ0) is 15.1. The molecule has 0 spiro atoms. The highest BCUT2D eigenvalue weighted by molar-refractivity contribution is 7.85. The number of alkyl halides is 1. The van der Waals surface area contributed by atoms with E-state index < -0.39 is 23.6 Å². The van der Waals surface area contributed by atoms with E-state index in [-0.39, 0.29) is 5.75 Å². The highest BCUT2D eigenvalue weighted by atomic mass is 32.2. The molecule has 0 unspecified atom stereocenters. The molecule has 0 heterocycles. The molecule has 2 aromatic rings. The van der Waals surface area contributed by atoms with Crippen molar-refractivity contribution in [2.45, 2.75) is 24.5 Å². The molecule has 0 aliphatic carbocycles. The third-order valence-corrected chi connectivity index (χ3v) is 4.59. The summed E-state index contributed by atoms with van der Waals surface area (Å²) in [5, 5.41) is 0. The minimum Gasteiger partial charge on any atom is -0.370 e. The number of rotatable bonds is 7. The predicted molar refractivity (Wildman–Crippen MR) is 83.4 cm³/mol. The SMILES string of the molecule is Cc1ccc([S@](=O)C[C@H](CF)OCc2ccccc2)cc1. The molecule has 112 valence electrons. The molecule has 0 bridgehead atoms. The Labute approximate surface area is 127 Å². The van der Waals surface area contributed by atoms with Gasteiger partial charge in [0.1, 0.15) is 6.67 Å². The molecule has 4 heteroatoms. The van der Waals surface area contributed by atoms with Crippen molar-refractivity contribution in [2.24, 2.45) is 0 Å². The Balaban J connectivity index is 1.89. The van der Waals surface area contributed by atoms with Gasteiger partial charge in [0.25, 0.3) is 0 Å². The van der Waals surface area contributed by atoms with Gasteiger partial charge in [-0.2, -0.15) is 0 Å². The number of hydrogen-bond acceptors (Lipinski definition) is 2. The maximum Gasteiger partial charge on any atom is 0.116 e. The van der Waals surface area contributed by atoms with Crippen molar-refractivity contribution in [2.75, 3.05) is 12.4 Å². The van der Waals surface area contributed by atoms with Gasteiger partial charge in [-0.15, -0.1) is 0 Å². The number of benzene rings is 2. The van der Waals surface area contributed by atoms with Crippen LogP contribution in [0.2, 0.25) is 0 Å². The van der Waals surface area contributed by atoms with E-state index in [2.05, 4.69) is 0 Å². The first-order chi connectivity index (χ1) is 10.2. The lowest BCUT2D eigenvalue weighted by molar-refractivity contribution is 0.0391. The molecule has 0 amide bonds. The maximum atomic E-state index is 13.0. The highest BCUT2D eigenvalue weighted by Crippen LogP contribution is 2.12. The summed E-state index contributed by atoms with van der Waals surface area (Å²) < 4.78 is 30.8. The average molecular weight is 306 g/mol. The van der Waals surface area contributed by atoms with Crippen LogP contribution in [0, 0.1) is 6.92 Å². The van der Waals surface area contributed by atoms with E-state index in [1.54, 1.807) is 0 Å². The summed E-state index contributed by atoms with van der Waals surface area (Å²) in [7, 11) is -1.24. The van der Waals surface area contributed by atoms with Crippen LogP contribution in [0.4, 0.5) is 4.39 Å². The Morgan fingerprint density at radius 3 is 2.38 bits per heavy atom. The second-order valence-electron chi connectivity index (χ2n) is 4.90. The molecule has 0 saturated carbocycles. The van der Waals surface area contributed by atoms with Crippen LogP contribution in [0.3, 0.4) is 0 Å². The zero-order valence-corrected chi connectivity index (χ0v) is 12.8. The van der Waals surface area contributed by atoms with E-state index in [4.69, 9.17) is 4.74 Å². The number of aryl methyl sites for hydroxylation is 1. The monoisotopic (exact) mass is 306 g/mol. The van der Waals surface area contributed by atoms with Crippen LogP contribution in [0.25, 0.3) is 0 Å². The lowest BCUT2D eigenvalue weighted by Gasteiger charge is -2.14. The average Bonchev–Trinajstić information content (AvgIpc) is 2.53. The predicted octanol–water partition coefficient (Wildman–Crippen LogP) is 3.66. The van der Waals surface area contributed by atoms with Gasteiger partial charge in [0.15, 0.2) is 0 Å². The second kappa shape index (κ2) is 8.05. The molecule has 2 aromatic carbocycles. The van der Waals surface area contributed by atoms with Gasteiger partial charge in [0, 0.05) is 4.90 Å². The molecule has 0 aromatic heterocycles. The number of hydrogen-bond donors (Lipinski definition) is 0. The summed E-state index contributed by atoms with van der Waals surface area (Å²) >= 11 is 0. The van der Waals surface area contributed by atoms with E-state index in [0.29, 0.717) is 11.5 Å². The molecule has 0 aliphatic rings.